The largest absolute Gasteiger partial charge is 0.478 e. The molecule has 1 aromatic heterocycles. The normalized spacial score (nSPS) is 11.3. The Kier molecular flexibility index (Phi) is 4.03. The minimum Gasteiger partial charge on any atom is -0.478 e. The lowest BCUT2D eigenvalue weighted by Gasteiger charge is -2.09. The van der Waals surface area contributed by atoms with Crippen LogP contribution in [0.3, 0.4) is 0 Å². The second-order valence-corrected chi connectivity index (χ2v) is 7.62. The number of hydrogen-bond acceptors (Lipinski definition) is 4. The number of thiophene rings is 1. The number of halogens is 1. The number of nitrogens with one attached hydrogen (secondary N) is 1. The van der Waals surface area contributed by atoms with Crippen molar-refractivity contribution in [3.8, 4) is 0 Å². The van der Waals surface area contributed by atoms with Gasteiger partial charge in [0.25, 0.3) is 10.0 Å². The Balaban J connectivity index is 2.32. The number of rotatable bonds is 4. The van der Waals surface area contributed by atoms with Gasteiger partial charge in [0.1, 0.15) is 4.21 Å². The fraction of sp³-hybridized carbons (Fsp3) is 0.0833. The summed E-state index contributed by atoms with van der Waals surface area (Å²) < 4.78 is 27.1. The molecular formula is C12H10ClNO4S2. The Hall–Kier alpha value is -1.57. The first-order valence-corrected chi connectivity index (χ1v) is 8.09. The van der Waals surface area contributed by atoms with Crippen molar-refractivity contribution in [2.45, 2.75) is 11.1 Å². The second-order valence-electron chi connectivity index (χ2n) is 4.00. The third-order valence-electron chi connectivity index (χ3n) is 2.53. The molecule has 2 N–H and O–H groups in total. The lowest BCUT2D eigenvalue weighted by atomic mass is 10.1. The Morgan fingerprint density at radius 2 is 2.00 bits per heavy atom. The van der Waals surface area contributed by atoms with E-state index in [4.69, 9.17) is 16.7 Å². The lowest BCUT2D eigenvalue weighted by molar-refractivity contribution is 0.0697. The van der Waals surface area contributed by atoms with E-state index < -0.39 is 16.0 Å². The quantitative estimate of drug-likeness (QED) is 0.901. The first-order chi connectivity index (χ1) is 9.29. The number of anilines is 1. The van der Waals surface area contributed by atoms with Crippen LogP contribution < -0.4 is 4.72 Å². The van der Waals surface area contributed by atoms with Gasteiger partial charge in [-0.25, -0.2) is 13.2 Å². The van der Waals surface area contributed by atoms with Crippen molar-refractivity contribution in [2.75, 3.05) is 4.72 Å². The van der Waals surface area contributed by atoms with Crippen molar-refractivity contribution in [3.63, 3.8) is 0 Å². The van der Waals surface area contributed by atoms with Crippen molar-refractivity contribution in [1.29, 1.82) is 0 Å². The standard InChI is InChI=1S/C12H10ClNO4S2/c1-7-6-8(12(15)16)2-3-9(7)14-20(17,18)11-5-4-10(13)19-11/h2-6,14H,1H3,(H,15,16). The van der Waals surface area contributed by atoms with E-state index in [1.165, 1.54) is 30.3 Å². The third-order valence-corrected chi connectivity index (χ3v) is 5.62. The predicted molar refractivity (Wildman–Crippen MR) is 78.3 cm³/mol. The number of carboxylic acid groups (broad SMARTS) is 1. The van der Waals surface area contributed by atoms with Crippen molar-refractivity contribution >= 4 is 44.6 Å². The molecule has 0 aliphatic rings. The van der Waals surface area contributed by atoms with Crippen LogP contribution in [-0.2, 0) is 10.0 Å². The summed E-state index contributed by atoms with van der Waals surface area (Å²) >= 11 is 6.67. The van der Waals surface area contributed by atoms with Gasteiger partial charge in [0.2, 0.25) is 0 Å². The van der Waals surface area contributed by atoms with Gasteiger partial charge in [-0.05, 0) is 42.8 Å². The van der Waals surface area contributed by atoms with Gasteiger partial charge in [0.15, 0.2) is 0 Å². The van der Waals surface area contributed by atoms with E-state index in [1.54, 1.807) is 6.92 Å². The third kappa shape index (κ3) is 3.12. The SMILES string of the molecule is Cc1cc(C(=O)O)ccc1NS(=O)(=O)c1ccc(Cl)s1. The molecule has 106 valence electrons. The van der Waals surface area contributed by atoms with E-state index in [0.29, 0.717) is 15.6 Å². The van der Waals surface area contributed by atoms with E-state index in [0.717, 1.165) is 11.3 Å². The first kappa shape index (κ1) is 14.8. The molecule has 0 atom stereocenters. The zero-order valence-corrected chi connectivity index (χ0v) is 12.6. The van der Waals surface area contributed by atoms with Crippen molar-refractivity contribution in [3.05, 3.63) is 45.8 Å². The monoisotopic (exact) mass is 331 g/mol. The van der Waals surface area contributed by atoms with Crippen LogP contribution in [-0.4, -0.2) is 19.5 Å². The minimum absolute atomic E-state index is 0.101. The van der Waals surface area contributed by atoms with Crippen LogP contribution >= 0.6 is 22.9 Å². The van der Waals surface area contributed by atoms with Gasteiger partial charge in [-0.15, -0.1) is 11.3 Å². The van der Waals surface area contributed by atoms with Gasteiger partial charge in [0, 0.05) is 0 Å². The summed E-state index contributed by atoms with van der Waals surface area (Å²) in [6.45, 7) is 1.63. The molecule has 0 unspecified atom stereocenters. The number of hydrogen-bond donors (Lipinski definition) is 2. The molecule has 0 saturated carbocycles. The zero-order valence-electron chi connectivity index (χ0n) is 10.3. The molecule has 0 bridgehead atoms. The maximum atomic E-state index is 12.1. The molecule has 0 aliphatic heterocycles. The van der Waals surface area contributed by atoms with Crippen LogP contribution in [0.4, 0.5) is 5.69 Å². The summed E-state index contributed by atoms with van der Waals surface area (Å²) in [4.78, 5) is 10.8. The van der Waals surface area contributed by atoms with Crippen LogP contribution in [0.1, 0.15) is 15.9 Å². The number of carbonyl (C=O) groups is 1. The Bertz CT molecular complexity index is 768. The van der Waals surface area contributed by atoms with E-state index in [1.807, 2.05) is 0 Å². The molecule has 2 aromatic rings. The summed E-state index contributed by atoms with van der Waals surface area (Å²) in [5, 5.41) is 8.86. The van der Waals surface area contributed by atoms with Crippen LogP contribution in [0, 0.1) is 6.92 Å². The summed E-state index contributed by atoms with van der Waals surface area (Å²) in [5.74, 6) is -1.06. The Morgan fingerprint density at radius 3 is 2.50 bits per heavy atom. The van der Waals surface area contributed by atoms with E-state index >= 15 is 0 Å². The van der Waals surface area contributed by atoms with Gasteiger partial charge in [-0.2, -0.15) is 0 Å². The highest BCUT2D eigenvalue weighted by Crippen LogP contribution is 2.28. The van der Waals surface area contributed by atoms with E-state index in [9.17, 15) is 13.2 Å². The number of carboxylic acids is 1. The molecule has 2 rings (SSSR count). The van der Waals surface area contributed by atoms with Crippen molar-refractivity contribution in [1.82, 2.24) is 0 Å². The number of sulfonamides is 1. The topological polar surface area (TPSA) is 83.5 Å². The number of aryl methyl sites for hydroxylation is 1. The van der Waals surface area contributed by atoms with Gasteiger partial charge >= 0.3 is 5.97 Å². The van der Waals surface area contributed by atoms with Crippen LogP contribution in [0.25, 0.3) is 0 Å². The van der Waals surface area contributed by atoms with Gasteiger partial charge in [-0.3, -0.25) is 4.72 Å². The molecule has 1 aromatic carbocycles. The fourth-order valence-electron chi connectivity index (χ4n) is 1.55. The molecular weight excluding hydrogens is 322 g/mol. The maximum absolute atomic E-state index is 12.1. The zero-order chi connectivity index (χ0) is 14.9. The molecule has 1 heterocycles. The smallest absolute Gasteiger partial charge is 0.335 e. The molecule has 0 fully saturated rings. The summed E-state index contributed by atoms with van der Waals surface area (Å²) in [7, 11) is -3.71. The van der Waals surface area contributed by atoms with Gasteiger partial charge in [-0.1, -0.05) is 11.6 Å². The molecule has 5 nitrogen and oxygen atoms in total. The van der Waals surface area contributed by atoms with Crippen molar-refractivity contribution < 1.29 is 18.3 Å². The molecule has 0 spiro atoms. The maximum Gasteiger partial charge on any atom is 0.335 e. The predicted octanol–water partition coefficient (Wildman–Crippen LogP) is 3.21. The number of aromatic carboxylic acids is 1. The number of benzene rings is 1. The average molecular weight is 332 g/mol. The van der Waals surface area contributed by atoms with Crippen molar-refractivity contribution in [2.24, 2.45) is 0 Å². The Labute approximate surface area is 124 Å². The molecule has 0 radical (unpaired) electrons. The van der Waals surface area contributed by atoms with E-state index in [-0.39, 0.29) is 9.77 Å². The molecule has 8 heteroatoms. The fourth-order valence-corrected chi connectivity index (χ4v) is 4.16. The molecule has 20 heavy (non-hydrogen) atoms. The summed E-state index contributed by atoms with van der Waals surface area (Å²) in [6.07, 6.45) is 0. The lowest BCUT2D eigenvalue weighted by Crippen LogP contribution is -2.12. The average Bonchev–Trinajstić information content (AvgIpc) is 2.79. The highest BCUT2D eigenvalue weighted by molar-refractivity contribution is 7.94. The first-order valence-electron chi connectivity index (χ1n) is 5.42. The summed E-state index contributed by atoms with van der Waals surface area (Å²) in [6, 6.07) is 7.08. The van der Waals surface area contributed by atoms with Crippen LogP contribution in [0.5, 0.6) is 0 Å². The molecule has 0 aliphatic carbocycles. The highest BCUT2D eigenvalue weighted by atomic mass is 35.5. The molecule has 0 saturated heterocycles. The highest BCUT2D eigenvalue weighted by Gasteiger charge is 2.18. The Morgan fingerprint density at radius 1 is 1.30 bits per heavy atom. The van der Waals surface area contributed by atoms with E-state index in [2.05, 4.69) is 4.72 Å². The van der Waals surface area contributed by atoms with Gasteiger partial charge < -0.3 is 5.11 Å². The minimum atomic E-state index is -3.71. The molecule has 0 amide bonds. The van der Waals surface area contributed by atoms with Crippen LogP contribution in [0.15, 0.2) is 34.5 Å². The van der Waals surface area contributed by atoms with Crippen LogP contribution in [0.2, 0.25) is 4.34 Å². The second kappa shape index (κ2) is 5.43. The van der Waals surface area contributed by atoms with Gasteiger partial charge in [0.05, 0.1) is 15.6 Å². The summed E-state index contributed by atoms with van der Waals surface area (Å²) in [5.41, 5.74) is 0.959.